The van der Waals surface area contributed by atoms with E-state index in [9.17, 15) is 0 Å². The molecule has 2 nitrogen and oxygen atoms in total. The van der Waals surface area contributed by atoms with E-state index in [1.807, 2.05) is 11.3 Å². The Labute approximate surface area is 121 Å². The molecule has 1 heterocycles. The number of hydrogen-bond acceptors (Lipinski definition) is 3. The van der Waals surface area contributed by atoms with Crippen LogP contribution >= 0.6 is 11.3 Å². The van der Waals surface area contributed by atoms with E-state index in [1.165, 1.54) is 41.3 Å². The minimum Gasteiger partial charge on any atom is -0.313 e. The number of nitrogens with one attached hydrogen (secondary N) is 1. The van der Waals surface area contributed by atoms with Crippen molar-refractivity contribution in [1.29, 1.82) is 0 Å². The third-order valence-corrected chi connectivity index (χ3v) is 6.07. The zero-order valence-electron chi connectivity index (χ0n) is 12.4. The highest BCUT2D eigenvalue weighted by atomic mass is 32.1. The lowest BCUT2D eigenvalue weighted by Gasteiger charge is -2.25. The van der Waals surface area contributed by atoms with Crippen LogP contribution in [0.4, 0.5) is 0 Å². The lowest BCUT2D eigenvalue weighted by atomic mass is 9.92. The number of fused-ring (bicyclic) bond motifs is 1. The SMILES string of the molecule is CCCNC(Cc1nc(C)c(C)s1)C1CC2CC2C1. The Balaban J connectivity index is 1.64. The zero-order chi connectivity index (χ0) is 13.4. The van der Waals surface area contributed by atoms with Gasteiger partial charge in [0.15, 0.2) is 0 Å². The predicted molar refractivity (Wildman–Crippen MR) is 81.7 cm³/mol. The number of aromatic nitrogens is 1. The van der Waals surface area contributed by atoms with Crippen molar-refractivity contribution < 1.29 is 0 Å². The molecule has 3 rings (SSSR count). The molecule has 0 spiro atoms. The van der Waals surface area contributed by atoms with E-state index in [4.69, 9.17) is 4.98 Å². The van der Waals surface area contributed by atoms with E-state index < -0.39 is 0 Å². The summed E-state index contributed by atoms with van der Waals surface area (Å²) in [5.41, 5.74) is 1.23. The summed E-state index contributed by atoms with van der Waals surface area (Å²) in [6.07, 6.45) is 6.83. The molecule has 0 aromatic carbocycles. The summed E-state index contributed by atoms with van der Waals surface area (Å²) in [4.78, 5) is 6.13. The standard InChI is InChI=1S/C16H26N2S/c1-4-5-17-15(14-7-12-6-13(12)8-14)9-16-18-10(2)11(3)19-16/h12-15,17H,4-9H2,1-3H3. The second kappa shape index (κ2) is 5.53. The fraction of sp³-hybridized carbons (Fsp3) is 0.812. The summed E-state index contributed by atoms with van der Waals surface area (Å²) >= 11 is 1.90. The van der Waals surface area contributed by atoms with Gasteiger partial charge in [0.2, 0.25) is 0 Å². The van der Waals surface area contributed by atoms with Crippen molar-refractivity contribution in [2.45, 2.75) is 58.9 Å². The van der Waals surface area contributed by atoms with Crippen LogP contribution in [0.25, 0.3) is 0 Å². The molecule has 0 bridgehead atoms. The second-order valence-corrected chi connectivity index (χ2v) is 7.79. The fourth-order valence-electron chi connectivity index (χ4n) is 3.64. The first-order valence-corrected chi connectivity index (χ1v) is 8.65. The number of nitrogens with zero attached hydrogens (tertiary/aromatic N) is 1. The van der Waals surface area contributed by atoms with Gasteiger partial charge in [-0.3, -0.25) is 0 Å². The quantitative estimate of drug-likeness (QED) is 0.858. The molecule has 3 heteroatoms. The molecule has 1 aromatic heterocycles. The first-order chi connectivity index (χ1) is 9.17. The maximum absolute atomic E-state index is 4.74. The van der Waals surface area contributed by atoms with Gasteiger partial charge in [0.05, 0.1) is 10.7 Å². The van der Waals surface area contributed by atoms with E-state index in [-0.39, 0.29) is 0 Å². The van der Waals surface area contributed by atoms with E-state index in [0.29, 0.717) is 6.04 Å². The maximum Gasteiger partial charge on any atom is 0.0946 e. The highest BCUT2D eigenvalue weighted by Crippen LogP contribution is 2.55. The van der Waals surface area contributed by atoms with Gasteiger partial charge in [-0.25, -0.2) is 4.98 Å². The molecule has 2 aliphatic carbocycles. The van der Waals surface area contributed by atoms with Gasteiger partial charge in [-0.2, -0.15) is 0 Å². The molecule has 2 saturated carbocycles. The smallest absolute Gasteiger partial charge is 0.0946 e. The third-order valence-electron chi connectivity index (χ3n) is 4.97. The molecule has 1 aromatic rings. The molecule has 2 fully saturated rings. The van der Waals surface area contributed by atoms with Crippen LogP contribution in [0.1, 0.15) is 48.2 Å². The molecular formula is C16H26N2S. The largest absolute Gasteiger partial charge is 0.313 e. The van der Waals surface area contributed by atoms with E-state index >= 15 is 0 Å². The number of thiazole rings is 1. The average Bonchev–Trinajstić information content (AvgIpc) is 2.86. The summed E-state index contributed by atoms with van der Waals surface area (Å²) in [6, 6.07) is 0.665. The Hall–Kier alpha value is -0.410. The van der Waals surface area contributed by atoms with Gasteiger partial charge >= 0.3 is 0 Å². The van der Waals surface area contributed by atoms with Crippen molar-refractivity contribution >= 4 is 11.3 Å². The van der Waals surface area contributed by atoms with Gasteiger partial charge in [-0.15, -0.1) is 11.3 Å². The molecule has 3 unspecified atom stereocenters. The average molecular weight is 278 g/mol. The van der Waals surface area contributed by atoms with Crippen LogP contribution in [-0.2, 0) is 6.42 Å². The number of aryl methyl sites for hydroxylation is 2. The van der Waals surface area contributed by atoms with Crippen molar-refractivity contribution in [3.05, 3.63) is 15.6 Å². The Morgan fingerprint density at radius 1 is 1.26 bits per heavy atom. The lowest BCUT2D eigenvalue weighted by Crippen LogP contribution is -2.38. The lowest BCUT2D eigenvalue weighted by molar-refractivity contribution is 0.332. The summed E-state index contributed by atoms with van der Waals surface area (Å²) in [7, 11) is 0. The van der Waals surface area contributed by atoms with Crippen LogP contribution in [0.5, 0.6) is 0 Å². The molecule has 106 valence electrons. The summed E-state index contributed by atoms with van der Waals surface area (Å²) in [5, 5.41) is 5.13. The maximum atomic E-state index is 4.74. The highest BCUT2D eigenvalue weighted by Gasteiger charge is 2.47. The first kappa shape index (κ1) is 13.6. The van der Waals surface area contributed by atoms with Crippen LogP contribution in [0.15, 0.2) is 0 Å². The van der Waals surface area contributed by atoms with Gasteiger partial charge in [-0.1, -0.05) is 6.92 Å². The minimum absolute atomic E-state index is 0.665. The van der Waals surface area contributed by atoms with Gasteiger partial charge in [0.1, 0.15) is 0 Å². The summed E-state index contributed by atoms with van der Waals surface area (Å²) < 4.78 is 0. The Morgan fingerprint density at radius 2 is 2.00 bits per heavy atom. The van der Waals surface area contributed by atoms with Gasteiger partial charge in [-0.05, 0) is 63.8 Å². The predicted octanol–water partition coefficient (Wildman–Crippen LogP) is 3.72. The van der Waals surface area contributed by atoms with Crippen molar-refractivity contribution in [2.24, 2.45) is 17.8 Å². The van der Waals surface area contributed by atoms with Crippen molar-refractivity contribution in [1.82, 2.24) is 10.3 Å². The van der Waals surface area contributed by atoms with Crippen LogP contribution in [-0.4, -0.2) is 17.6 Å². The molecule has 0 amide bonds. The number of rotatable bonds is 6. The third kappa shape index (κ3) is 3.03. The topological polar surface area (TPSA) is 24.9 Å². The highest BCUT2D eigenvalue weighted by molar-refractivity contribution is 7.11. The van der Waals surface area contributed by atoms with Crippen molar-refractivity contribution in [2.75, 3.05) is 6.54 Å². The molecule has 19 heavy (non-hydrogen) atoms. The van der Waals surface area contributed by atoms with Crippen LogP contribution < -0.4 is 5.32 Å². The fourth-order valence-corrected chi connectivity index (χ4v) is 4.63. The van der Waals surface area contributed by atoms with Crippen molar-refractivity contribution in [3.8, 4) is 0 Å². The Kier molecular flexibility index (Phi) is 3.95. The van der Waals surface area contributed by atoms with Crippen LogP contribution in [0, 0.1) is 31.6 Å². The van der Waals surface area contributed by atoms with E-state index in [1.54, 1.807) is 0 Å². The van der Waals surface area contributed by atoms with Gasteiger partial charge in [0, 0.05) is 17.3 Å². The van der Waals surface area contributed by atoms with E-state index in [2.05, 4.69) is 26.1 Å². The zero-order valence-corrected chi connectivity index (χ0v) is 13.2. The Bertz CT molecular complexity index is 410. The normalized spacial score (nSPS) is 30.4. The Morgan fingerprint density at radius 3 is 2.58 bits per heavy atom. The molecule has 3 atom stereocenters. The molecule has 0 aliphatic heterocycles. The van der Waals surface area contributed by atoms with Crippen molar-refractivity contribution in [3.63, 3.8) is 0 Å². The van der Waals surface area contributed by atoms with E-state index in [0.717, 1.165) is 30.7 Å². The molecule has 0 saturated heterocycles. The summed E-state index contributed by atoms with van der Waals surface area (Å²) in [5.74, 6) is 3.06. The minimum atomic E-state index is 0.665. The monoisotopic (exact) mass is 278 g/mol. The molecular weight excluding hydrogens is 252 g/mol. The van der Waals surface area contributed by atoms with Crippen LogP contribution in [0.2, 0.25) is 0 Å². The van der Waals surface area contributed by atoms with Gasteiger partial charge < -0.3 is 5.32 Å². The van der Waals surface area contributed by atoms with Gasteiger partial charge in [0.25, 0.3) is 0 Å². The first-order valence-electron chi connectivity index (χ1n) is 7.83. The number of hydrogen-bond donors (Lipinski definition) is 1. The second-order valence-electron chi connectivity index (χ2n) is 6.50. The van der Waals surface area contributed by atoms with Crippen LogP contribution in [0.3, 0.4) is 0 Å². The molecule has 0 radical (unpaired) electrons. The molecule has 1 N–H and O–H groups in total. The summed E-state index contributed by atoms with van der Waals surface area (Å²) in [6.45, 7) is 7.73. The molecule has 2 aliphatic rings.